The Labute approximate surface area is 404 Å². The lowest BCUT2D eigenvalue weighted by molar-refractivity contribution is -0.676. The number of aromatic nitrogens is 1. The van der Waals surface area contributed by atoms with Crippen molar-refractivity contribution in [1.29, 1.82) is 0 Å². The summed E-state index contributed by atoms with van der Waals surface area (Å²) in [5, 5.41) is 2.61. The van der Waals surface area contributed by atoms with E-state index < -0.39 is 144 Å². The first-order valence-corrected chi connectivity index (χ1v) is 21.9. The summed E-state index contributed by atoms with van der Waals surface area (Å²) in [5.41, 5.74) is -8.88. The maximum absolute atomic E-state index is 15.4. The second-order valence-corrected chi connectivity index (χ2v) is 17.1. The van der Waals surface area contributed by atoms with E-state index in [4.69, 9.17) is 0 Å². The Balaban J connectivity index is 0.000000215. The second-order valence-electron chi connectivity index (χ2n) is 17.1. The van der Waals surface area contributed by atoms with Crippen molar-refractivity contribution in [2.75, 3.05) is 0 Å². The highest BCUT2D eigenvalue weighted by atomic mass is 19.2. The quantitative estimate of drug-likeness (QED) is 0.0469. The lowest BCUT2D eigenvalue weighted by atomic mass is 9.12. The van der Waals surface area contributed by atoms with Crippen LogP contribution in [0, 0.1) is 116 Å². The van der Waals surface area contributed by atoms with Gasteiger partial charge in [0.05, 0.1) is 5.39 Å². The van der Waals surface area contributed by atoms with E-state index in [1.54, 1.807) is 0 Å². The van der Waals surface area contributed by atoms with Gasteiger partial charge in [-0.15, -0.1) is 21.9 Å². The van der Waals surface area contributed by atoms with Crippen LogP contribution in [-0.4, -0.2) is 6.15 Å². The fraction of sp³-hybridized carbons (Fsp3) is 0.135. The zero-order valence-corrected chi connectivity index (χ0v) is 37.1. The van der Waals surface area contributed by atoms with Crippen LogP contribution in [-0.2, 0) is 6.54 Å². The van der Waals surface area contributed by atoms with E-state index in [9.17, 15) is 52.7 Å². The predicted molar refractivity (Wildman–Crippen MR) is 230 cm³/mol. The fourth-order valence-corrected chi connectivity index (χ4v) is 9.71. The van der Waals surface area contributed by atoms with Crippen molar-refractivity contribution in [3.05, 3.63) is 219 Å². The van der Waals surface area contributed by atoms with E-state index in [-0.39, 0.29) is 0 Å². The van der Waals surface area contributed by atoms with Gasteiger partial charge in [0, 0.05) is 17.2 Å². The highest BCUT2D eigenvalue weighted by Gasteiger charge is 2.52. The Morgan fingerprint density at radius 1 is 0.351 bits per heavy atom. The summed E-state index contributed by atoms with van der Waals surface area (Å²) < 4.78 is 296. The average Bonchev–Trinajstić information content (AvgIpc) is 3.41. The molecule has 9 rings (SSSR count). The minimum atomic E-state index is -7.22. The summed E-state index contributed by atoms with van der Waals surface area (Å²) in [4.78, 5) is 0. The molecule has 1 heterocycles. The van der Waals surface area contributed by atoms with Gasteiger partial charge in [-0.25, -0.2) is 87.8 Å². The maximum atomic E-state index is 15.4. The molecule has 7 aromatic carbocycles. The molecule has 0 radical (unpaired) electrons. The zero-order valence-electron chi connectivity index (χ0n) is 37.1. The Kier molecular flexibility index (Phi) is 14.7. The molecule has 0 spiro atoms. The molecule has 74 heavy (non-hydrogen) atoms. The molecule has 0 aliphatic heterocycles. The van der Waals surface area contributed by atoms with E-state index in [1.807, 2.05) is 0 Å². The van der Waals surface area contributed by atoms with Crippen molar-refractivity contribution >= 4 is 38.8 Å². The van der Waals surface area contributed by atoms with Crippen LogP contribution in [0.3, 0.4) is 0 Å². The molecule has 0 N–H and O–H groups in total. The summed E-state index contributed by atoms with van der Waals surface area (Å²) >= 11 is 0. The number of benzene rings is 7. The molecule has 0 amide bonds. The monoisotopic (exact) mass is 1060 g/mol. The van der Waals surface area contributed by atoms with Crippen molar-refractivity contribution in [2.45, 2.75) is 44.6 Å². The molecule has 0 bridgehead atoms. The minimum Gasteiger partial charge on any atom is -0.207 e. The van der Waals surface area contributed by atoms with Crippen molar-refractivity contribution in [1.82, 2.24) is 0 Å². The Morgan fingerprint density at radius 2 is 0.689 bits per heavy atom. The Hall–Kier alpha value is -7.39. The van der Waals surface area contributed by atoms with Crippen LogP contribution in [0.1, 0.15) is 49.1 Å². The molecular formula is C52H28BF20N. The number of pyridine rings is 1. The van der Waals surface area contributed by atoms with Gasteiger partial charge in [-0.05, 0) is 47.9 Å². The highest BCUT2D eigenvalue weighted by Crippen LogP contribution is 2.35. The molecule has 8 aromatic rings. The molecule has 0 atom stereocenters. The van der Waals surface area contributed by atoms with Gasteiger partial charge in [0.25, 0.3) is 0 Å². The highest BCUT2D eigenvalue weighted by molar-refractivity contribution is 7.20. The predicted octanol–water partition coefficient (Wildman–Crippen LogP) is 12.7. The number of halogens is 20. The average molecular weight is 1060 g/mol. The lowest BCUT2D eigenvalue weighted by Gasteiger charge is -2.44. The van der Waals surface area contributed by atoms with Gasteiger partial charge in [0.15, 0.2) is 82.5 Å². The molecule has 1 fully saturated rings. The van der Waals surface area contributed by atoms with Crippen LogP contribution in [0.25, 0.3) is 22.0 Å². The Morgan fingerprint density at radius 3 is 1.07 bits per heavy atom. The van der Waals surface area contributed by atoms with Gasteiger partial charge >= 0.3 is 0 Å². The summed E-state index contributed by atoms with van der Waals surface area (Å²) in [6.07, 6.45) is 1.89. The molecule has 0 unspecified atom stereocenters. The number of hydrogen-bond acceptors (Lipinski definition) is 0. The first-order valence-electron chi connectivity index (χ1n) is 21.9. The van der Waals surface area contributed by atoms with Crippen LogP contribution in [0.2, 0.25) is 0 Å². The largest absolute Gasteiger partial charge is 0.220 e. The van der Waals surface area contributed by atoms with Crippen molar-refractivity contribution in [3.63, 3.8) is 0 Å². The van der Waals surface area contributed by atoms with Gasteiger partial charge in [0.2, 0.25) is 5.69 Å². The number of nitrogens with zero attached hydrogens (tertiary/aromatic N) is 1. The first-order chi connectivity index (χ1) is 35.1. The third kappa shape index (κ3) is 8.58. The van der Waals surface area contributed by atoms with E-state index >= 15 is 35.1 Å². The fourth-order valence-electron chi connectivity index (χ4n) is 9.71. The molecular weight excluding hydrogens is 1030 g/mol. The SMILES string of the molecule is Fc1c(F)c(F)c([B-](c2c(F)c(F)c(F)c(F)c2F)(c2c(F)c(F)c(F)c(F)c2F)c2c(F)c(F)c(F)c(F)c2F)c(F)c1F.c1ccc(C[n+]2ccc3ccccc3c2-c2ccc(C3CCCCC3)cc2)cc1. The molecule has 0 saturated heterocycles. The van der Waals surface area contributed by atoms with Crippen molar-refractivity contribution < 1.29 is 92.4 Å². The number of rotatable bonds is 8. The summed E-state index contributed by atoms with van der Waals surface area (Å²) in [6, 6.07) is 31.1. The smallest absolute Gasteiger partial charge is 0.207 e. The molecule has 1 aliphatic rings. The first kappa shape index (κ1) is 52.9. The summed E-state index contributed by atoms with van der Waals surface area (Å²) in [6.45, 7) is 0.880. The third-order valence-electron chi connectivity index (χ3n) is 13.1. The minimum absolute atomic E-state index is 0.752. The summed E-state index contributed by atoms with van der Waals surface area (Å²) in [5.74, 6) is -70.7. The number of hydrogen-bond donors (Lipinski definition) is 0. The third-order valence-corrected chi connectivity index (χ3v) is 13.1. The molecule has 1 saturated carbocycles. The zero-order chi connectivity index (χ0) is 53.8. The van der Waals surface area contributed by atoms with Crippen LogP contribution in [0.4, 0.5) is 87.8 Å². The van der Waals surface area contributed by atoms with Crippen molar-refractivity contribution in [2.24, 2.45) is 0 Å². The van der Waals surface area contributed by atoms with E-state index in [2.05, 4.69) is 95.7 Å². The Bertz CT molecular complexity index is 3130. The molecule has 1 aromatic heterocycles. The molecule has 22 heteroatoms. The number of fused-ring (bicyclic) bond motifs is 1. The molecule has 1 nitrogen and oxygen atoms in total. The molecule has 384 valence electrons. The van der Waals surface area contributed by atoms with Gasteiger partial charge in [0.1, 0.15) is 52.7 Å². The van der Waals surface area contributed by atoms with E-state index in [0.717, 1.165) is 12.5 Å². The van der Waals surface area contributed by atoms with E-state index in [0.29, 0.717) is 0 Å². The second kappa shape index (κ2) is 20.5. The topological polar surface area (TPSA) is 3.88 Å². The van der Waals surface area contributed by atoms with Gasteiger partial charge in [-0.3, -0.25) is 0 Å². The van der Waals surface area contributed by atoms with Crippen LogP contribution in [0.5, 0.6) is 0 Å². The van der Waals surface area contributed by atoms with Crippen molar-refractivity contribution in [3.8, 4) is 11.3 Å². The van der Waals surface area contributed by atoms with Crippen LogP contribution >= 0.6 is 0 Å². The lowest BCUT2D eigenvalue weighted by Crippen LogP contribution is -2.81. The van der Waals surface area contributed by atoms with E-state index in [1.165, 1.54) is 65.3 Å². The standard InChI is InChI=1S/C28H28N.C24BF20/c1-3-9-22(10-4-1)21-29-20-19-25-13-7-8-14-27(25)28(29)26-17-15-24(16-18-26)23-11-5-2-6-12-23;26-5-1(6(27)14(35)21(42)13(5)34)25(2-7(28)15(36)22(43)16(37)8(2)29,3-9(30)17(38)23(44)18(39)10(3)31)4-11(32)19(40)24(45)20(41)12(4)33/h1,3-4,7-10,13-20,23H,2,5-6,11-12,21H2;/q+1;-1. The molecule has 1 aliphatic carbocycles. The van der Waals surface area contributed by atoms with Gasteiger partial charge in [-0.2, -0.15) is 4.57 Å². The maximum Gasteiger partial charge on any atom is 0.220 e. The van der Waals surface area contributed by atoms with Crippen LogP contribution < -0.4 is 26.4 Å². The van der Waals surface area contributed by atoms with Crippen LogP contribution in [0.15, 0.2) is 91.1 Å². The normalized spacial score (nSPS) is 13.1. The van der Waals surface area contributed by atoms with Gasteiger partial charge in [-0.1, -0.05) is 79.9 Å². The summed E-state index contributed by atoms with van der Waals surface area (Å²) in [7, 11) is 0. The van der Waals surface area contributed by atoms with Gasteiger partial charge < -0.3 is 0 Å².